The highest BCUT2D eigenvalue weighted by atomic mass is 16.7. The van der Waals surface area contributed by atoms with Gasteiger partial charge in [0.2, 0.25) is 0 Å². The SMILES string of the molecule is C#C/C(C)=C\CO[C@@H](C)OCC. The lowest BCUT2D eigenvalue weighted by molar-refractivity contribution is -0.118. The molecular formula is C10H16O2. The van der Waals surface area contributed by atoms with E-state index in [9.17, 15) is 0 Å². The average molecular weight is 168 g/mol. The van der Waals surface area contributed by atoms with Gasteiger partial charge in [-0.25, -0.2) is 0 Å². The molecule has 0 fully saturated rings. The number of allylic oxidation sites excluding steroid dienone is 1. The van der Waals surface area contributed by atoms with E-state index in [1.54, 1.807) is 0 Å². The van der Waals surface area contributed by atoms with Crippen LogP contribution in [0.4, 0.5) is 0 Å². The van der Waals surface area contributed by atoms with E-state index in [1.165, 1.54) is 0 Å². The van der Waals surface area contributed by atoms with Crippen LogP contribution in [0.5, 0.6) is 0 Å². The summed E-state index contributed by atoms with van der Waals surface area (Å²) in [6.45, 7) is 6.84. The monoisotopic (exact) mass is 168 g/mol. The van der Waals surface area contributed by atoms with Gasteiger partial charge in [-0.05, 0) is 32.4 Å². The fourth-order valence-electron chi connectivity index (χ4n) is 0.650. The Morgan fingerprint density at radius 1 is 1.58 bits per heavy atom. The lowest BCUT2D eigenvalue weighted by Crippen LogP contribution is -2.12. The Morgan fingerprint density at radius 2 is 2.25 bits per heavy atom. The Bertz CT molecular complexity index is 177. The summed E-state index contributed by atoms with van der Waals surface area (Å²) in [7, 11) is 0. The summed E-state index contributed by atoms with van der Waals surface area (Å²) < 4.78 is 10.4. The molecule has 0 aromatic heterocycles. The smallest absolute Gasteiger partial charge is 0.155 e. The van der Waals surface area contributed by atoms with Crippen LogP contribution < -0.4 is 0 Å². The largest absolute Gasteiger partial charge is 0.353 e. The van der Waals surface area contributed by atoms with Crippen LogP contribution >= 0.6 is 0 Å². The lowest BCUT2D eigenvalue weighted by atomic mass is 10.3. The van der Waals surface area contributed by atoms with Crippen LogP contribution in [-0.4, -0.2) is 19.5 Å². The van der Waals surface area contributed by atoms with Gasteiger partial charge >= 0.3 is 0 Å². The van der Waals surface area contributed by atoms with Crippen molar-refractivity contribution >= 4 is 0 Å². The van der Waals surface area contributed by atoms with Crippen LogP contribution in [0.3, 0.4) is 0 Å². The average Bonchev–Trinajstić information content (AvgIpc) is 2.04. The highest BCUT2D eigenvalue weighted by molar-refractivity contribution is 5.22. The van der Waals surface area contributed by atoms with Gasteiger partial charge in [-0.3, -0.25) is 0 Å². The van der Waals surface area contributed by atoms with E-state index < -0.39 is 0 Å². The third-order valence-corrected chi connectivity index (χ3v) is 1.35. The third-order valence-electron chi connectivity index (χ3n) is 1.35. The van der Waals surface area contributed by atoms with Gasteiger partial charge in [0.25, 0.3) is 0 Å². The zero-order valence-corrected chi connectivity index (χ0v) is 7.96. The van der Waals surface area contributed by atoms with Gasteiger partial charge in [-0.2, -0.15) is 0 Å². The first-order chi connectivity index (χ1) is 5.70. The summed E-state index contributed by atoms with van der Waals surface area (Å²) in [4.78, 5) is 0. The molecule has 0 saturated carbocycles. The minimum atomic E-state index is -0.156. The van der Waals surface area contributed by atoms with E-state index in [2.05, 4.69) is 5.92 Å². The maximum atomic E-state index is 5.26. The predicted octanol–water partition coefficient (Wildman–Crippen LogP) is 1.97. The molecule has 0 N–H and O–H groups in total. The molecule has 0 aliphatic carbocycles. The Kier molecular flexibility index (Phi) is 6.45. The third kappa shape index (κ3) is 5.96. The summed E-state index contributed by atoms with van der Waals surface area (Å²) in [5.41, 5.74) is 0.888. The quantitative estimate of drug-likeness (QED) is 0.461. The van der Waals surface area contributed by atoms with E-state index >= 15 is 0 Å². The molecule has 0 aliphatic rings. The molecule has 2 nitrogen and oxygen atoms in total. The van der Waals surface area contributed by atoms with E-state index in [-0.39, 0.29) is 6.29 Å². The van der Waals surface area contributed by atoms with Crippen LogP contribution in [0.2, 0.25) is 0 Å². The van der Waals surface area contributed by atoms with E-state index in [0.29, 0.717) is 13.2 Å². The zero-order chi connectivity index (χ0) is 9.40. The maximum Gasteiger partial charge on any atom is 0.155 e. The highest BCUT2D eigenvalue weighted by Crippen LogP contribution is 1.95. The zero-order valence-electron chi connectivity index (χ0n) is 7.96. The van der Waals surface area contributed by atoms with E-state index in [0.717, 1.165) is 5.57 Å². The Balaban J connectivity index is 3.50. The van der Waals surface area contributed by atoms with Crippen LogP contribution in [0, 0.1) is 12.3 Å². The number of hydrogen-bond donors (Lipinski definition) is 0. The number of hydrogen-bond acceptors (Lipinski definition) is 2. The normalized spacial score (nSPS) is 14.0. The molecule has 0 aliphatic heterocycles. The summed E-state index contributed by atoms with van der Waals surface area (Å²) in [6.07, 6.45) is 6.84. The van der Waals surface area contributed by atoms with Crippen molar-refractivity contribution in [2.45, 2.75) is 27.1 Å². The molecule has 0 bridgehead atoms. The summed E-state index contributed by atoms with van der Waals surface area (Å²) in [6, 6.07) is 0. The first-order valence-corrected chi connectivity index (χ1v) is 4.07. The number of rotatable bonds is 5. The molecule has 0 unspecified atom stereocenters. The van der Waals surface area contributed by atoms with Crippen molar-refractivity contribution in [2.24, 2.45) is 0 Å². The second-order valence-electron chi connectivity index (χ2n) is 2.39. The number of terminal acetylenes is 1. The topological polar surface area (TPSA) is 18.5 Å². The molecule has 68 valence electrons. The molecule has 0 rings (SSSR count). The highest BCUT2D eigenvalue weighted by Gasteiger charge is 1.97. The maximum absolute atomic E-state index is 5.26. The van der Waals surface area contributed by atoms with Gasteiger partial charge in [0.1, 0.15) is 0 Å². The number of ether oxygens (including phenoxy) is 2. The van der Waals surface area contributed by atoms with Crippen LogP contribution in [0.25, 0.3) is 0 Å². The van der Waals surface area contributed by atoms with E-state index in [1.807, 2.05) is 26.8 Å². The van der Waals surface area contributed by atoms with Gasteiger partial charge in [0.15, 0.2) is 6.29 Å². The second kappa shape index (κ2) is 6.90. The van der Waals surface area contributed by atoms with Crippen molar-refractivity contribution in [3.05, 3.63) is 11.6 Å². The van der Waals surface area contributed by atoms with Crippen molar-refractivity contribution in [1.29, 1.82) is 0 Å². The molecule has 0 saturated heterocycles. The minimum absolute atomic E-state index is 0.156. The van der Waals surface area contributed by atoms with Crippen molar-refractivity contribution in [3.8, 4) is 12.3 Å². The second-order valence-corrected chi connectivity index (χ2v) is 2.39. The van der Waals surface area contributed by atoms with Crippen molar-refractivity contribution in [2.75, 3.05) is 13.2 Å². The minimum Gasteiger partial charge on any atom is -0.353 e. The standard InChI is InChI=1S/C10H16O2/c1-5-9(3)7-8-12-10(4)11-6-2/h1,7,10H,6,8H2,2-4H3/b9-7-/t10-/m0/s1. The van der Waals surface area contributed by atoms with Gasteiger partial charge in [-0.15, -0.1) is 6.42 Å². The predicted molar refractivity (Wildman–Crippen MR) is 49.6 cm³/mol. The van der Waals surface area contributed by atoms with Crippen molar-refractivity contribution < 1.29 is 9.47 Å². The molecule has 0 heterocycles. The fraction of sp³-hybridized carbons (Fsp3) is 0.600. The Labute approximate surface area is 74.6 Å². The summed E-state index contributed by atoms with van der Waals surface area (Å²) in [5, 5.41) is 0. The molecule has 1 atom stereocenters. The van der Waals surface area contributed by atoms with Crippen LogP contribution in [0.1, 0.15) is 20.8 Å². The molecule has 12 heavy (non-hydrogen) atoms. The van der Waals surface area contributed by atoms with Gasteiger partial charge in [-0.1, -0.05) is 5.92 Å². The van der Waals surface area contributed by atoms with Crippen molar-refractivity contribution in [1.82, 2.24) is 0 Å². The van der Waals surface area contributed by atoms with Crippen molar-refractivity contribution in [3.63, 3.8) is 0 Å². The first kappa shape index (κ1) is 11.2. The van der Waals surface area contributed by atoms with Gasteiger partial charge < -0.3 is 9.47 Å². The summed E-state index contributed by atoms with van der Waals surface area (Å²) in [5.74, 6) is 2.51. The van der Waals surface area contributed by atoms with Gasteiger partial charge in [0.05, 0.1) is 6.61 Å². The Hall–Kier alpha value is -0.780. The van der Waals surface area contributed by atoms with E-state index in [4.69, 9.17) is 15.9 Å². The lowest BCUT2D eigenvalue weighted by Gasteiger charge is -2.10. The molecule has 2 heteroatoms. The van der Waals surface area contributed by atoms with Crippen LogP contribution in [-0.2, 0) is 9.47 Å². The molecule has 0 amide bonds. The fourth-order valence-corrected chi connectivity index (χ4v) is 0.650. The first-order valence-electron chi connectivity index (χ1n) is 4.07. The molecule has 0 radical (unpaired) electrons. The molecular weight excluding hydrogens is 152 g/mol. The molecule has 0 spiro atoms. The molecule has 0 aromatic carbocycles. The Morgan fingerprint density at radius 3 is 2.75 bits per heavy atom. The van der Waals surface area contributed by atoms with Gasteiger partial charge in [0, 0.05) is 6.61 Å². The molecule has 0 aromatic rings. The van der Waals surface area contributed by atoms with Crippen LogP contribution in [0.15, 0.2) is 11.6 Å². The summed E-state index contributed by atoms with van der Waals surface area (Å²) >= 11 is 0.